The quantitative estimate of drug-likeness (QED) is 0.497. The third-order valence-corrected chi connectivity index (χ3v) is 7.94. The van der Waals surface area contributed by atoms with E-state index in [1.165, 1.54) is 10.7 Å². The van der Waals surface area contributed by atoms with Crippen molar-refractivity contribution in [3.8, 4) is 0 Å². The maximum Gasteiger partial charge on any atom is 2.00 e. The van der Waals surface area contributed by atoms with Gasteiger partial charge in [0.05, 0.1) is 0 Å². The number of carbonyl (C=O) groups is 1. The summed E-state index contributed by atoms with van der Waals surface area (Å²) in [6, 6.07) is 0.731. The van der Waals surface area contributed by atoms with E-state index in [-0.39, 0.29) is 28.6 Å². The first-order valence-corrected chi connectivity index (χ1v) is 12.5. The van der Waals surface area contributed by atoms with Crippen LogP contribution < -0.4 is 0 Å². The molecule has 3 rings (SSSR count). The van der Waals surface area contributed by atoms with Gasteiger partial charge in [0, 0.05) is 0 Å². The first kappa shape index (κ1) is 28.3. The summed E-state index contributed by atoms with van der Waals surface area (Å²) < 4.78 is 5.27. The van der Waals surface area contributed by atoms with Gasteiger partial charge in [-0.3, -0.25) is 0 Å². The fraction of sp³-hybridized carbons (Fsp3) is 0.542. The molecular weight excluding hydrogens is 483 g/mol. The van der Waals surface area contributed by atoms with Crippen molar-refractivity contribution in [1.82, 2.24) is 9.80 Å². The van der Waals surface area contributed by atoms with E-state index in [1.54, 1.807) is 0 Å². The fourth-order valence-corrected chi connectivity index (χ4v) is 6.27. The molecule has 6 heteroatoms. The Morgan fingerprint density at radius 2 is 1.80 bits per heavy atom. The van der Waals surface area contributed by atoms with Gasteiger partial charge in [-0.05, 0) is 32.1 Å². The normalized spacial score (nSPS) is 25.0. The van der Waals surface area contributed by atoms with Gasteiger partial charge in [-0.25, -0.2) is 0 Å². The SMILES string of the molecule is CCOC(=O)N1CC(C)(C)C[C@@H]1C[Se][C]1[CH][CH][CH][C]1[C@@H](C)N(C)C.[CH]1[CH][CH][CH][CH]1.[Fe+2]. The van der Waals surface area contributed by atoms with Gasteiger partial charge < -0.3 is 0 Å². The summed E-state index contributed by atoms with van der Waals surface area (Å²) >= 11 is 0.374. The van der Waals surface area contributed by atoms with E-state index in [9.17, 15) is 4.79 Å². The minimum absolute atomic E-state index is 0. The molecule has 2 aliphatic carbocycles. The summed E-state index contributed by atoms with van der Waals surface area (Å²) in [5.74, 6) is 1.43. The molecule has 1 amide bonds. The molecule has 0 spiro atoms. The largest absolute Gasteiger partial charge is 2.00 e. The van der Waals surface area contributed by atoms with Gasteiger partial charge in [0.15, 0.2) is 0 Å². The first-order valence-electron chi connectivity index (χ1n) is 10.4. The molecule has 0 aromatic heterocycles. The summed E-state index contributed by atoms with van der Waals surface area (Å²) in [6.45, 7) is 9.85. The molecule has 0 bridgehead atoms. The van der Waals surface area contributed by atoms with Gasteiger partial charge in [0.1, 0.15) is 0 Å². The van der Waals surface area contributed by atoms with Crippen LogP contribution in [0, 0.1) is 67.5 Å². The zero-order valence-electron chi connectivity index (χ0n) is 19.1. The average Bonchev–Trinajstić information content (AvgIpc) is 3.41. The van der Waals surface area contributed by atoms with Crippen LogP contribution in [-0.4, -0.2) is 70.2 Å². The Morgan fingerprint density at radius 3 is 2.33 bits per heavy atom. The maximum atomic E-state index is 12.3. The van der Waals surface area contributed by atoms with Crippen LogP contribution in [0.1, 0.15) is 34.1 Å². The van der Waals surface area contributed by atoms with Gasteiger partial charge in [0.25, 0.3) is 0 Å². The van der Waals surface area contributed by atoms with E-state index in [4.69, 9.17) is 4.74 Å². The smallest absolute Gasteiger partial charge is 0.0312 e. The molecule has 3 aliphatic rings. The fourth-order valence-electron chi connectivity index (χ4n) is 3.65. The number of likely N-dealkylation sites (tertiary alicyclic amines) is 1. The number of ether oxygens (including phenoxy) is 1. The van der Waals surface area contributed by atoms with Crippen molar-refractivity contribution in [2.24, 2.45) is 5.41 Å². The summed E-state index contributed by atoms with van der Waals surface area (Å²) in [6.07, 6.45) is 17.6. The summed E-state index contributed by atoms with van der Waals surface area (Å²) in [5, 5.41) is 1.06. The summed E-state index contributed by atoms with van der Waals surface area (Å²) in [4.78, 5) is 18.0. The van der Waals surface area contributed by atoms with Crippen LogP contribution in [0.25, 0.3) is 0 Å². The van der Waals surface area contributed by atoms with Crippen molar-refractivity contribution in [3.63, 3.8) is 0 Å². The van der Waals surface area contributed by atoms with Crippen molar-refractivity contribution in [1.29, 1.82) is 0 Å². The number of nitrogens with zero attached hydrogens (tertiary/aromatic N) is 2. The molecule has 0 N–H and O–H groups in total. The second-order valence-corrected chi connectivity index (χ2v) is 10.8. The van der Waals surface area contributed by atoms with Crippen LogP contribution in [0.3, 0.4) is 0 Å². The molecule has 0 unspecified atom stereocenters. The van der Waals surface area contributed by atoms with E-state index in [1.807, 2.05) is 43.9 Å². The molecule has 1 heterocycles. The second-order valence-electron chi connectivity index (χ2n) is 8.61. The molecule has 0 aromatic carbocycles. The predicted octanol–water partition coefficient (Wildman–Crippen LogP) is 4.07. The van der Waals surface area contributed by atoms with Crippen LogP contribution in [-0.2, 0) is 21.8 Å². The molecule has 1 aliphatic heterocycles. The van der Waals surface area contributed by atoms with Crippen LogP contribution in [0.5, 0.6) is 0 Å². The van der Waals surface area contributed by atoms with Gasteiger partial charge in [-0.15, -0.1) is 0 Å². The number of hydrogen-bond donors (Lipinski definition) is 0. The number of amides is 1. The molecule has 0 aromatic rings. The maximum absolute atomic E-state index is 12.3. The Bertz CT molecular complexity index is 492. The van der Waals surface area contributed by atoms with Gasteiger partial charge in [-0.2, -0.15) is 0 Å². The van der Waals surface area contributed by atoms with E-state index >= 15 is 0 Å². The second kappa shape index (κ2) is 13.7. The molecule has 2 saturated carbocycles. The Hall–Kier alpha value is 0.269. The zero-order valence-corrected chi connectivity index (χ0v) is 21.9. The number of hydrogen-bond acceptors (Lipinski definition) is 3. The van der Waals surface area contributed by atoms with Crippen LogP contribution in [0.2, 0.25) is 5.32 Å². The Balaban J connectivity index is 0.000000655. The van der Waals surface area contributed by atoms with Crippen LogP contribution in [0.4, 0.5) is 4.79 Å². The zero-order chi connectivity index (χ0) is 21.4. The minimum Gasteiger partial charge on any atom is -0.0312 e. The number of rotatable bonds is 6. The molecule has 4 nitrogen and oxygen atoms in total. The summed E-state index contributed by atoms with van der Waals surface area (Å²) in [7, 11) is 4.24. The first-order chi connectivity index (χ1) is 13.7. The number of carbonyl (C=O) groups excluding carboxylic acids is 1. The van der Waals surface area contributed by atoms with E-state index < -0.39 is 0 Å². The van der Waals surface area contributed by atoms with E-state index in [0.29, 0.717) is 33.6 Å². The van der Waals surface area contributed by atoms with Crippen molar-refractivity contribution >= 4 is 21.1 Å². The molecular formula is C24H36FeN2O2Se+2. The third kappa shape index (κ3) is 8.66. The van der Waals surface area contributed by atoms with Crippen molar-refractivity contribution in [3.05, 3.63) is 62.1 Å². The molecule has 166 valence electrons. The summed E-state index contributed by atoms with van der Waals surface area (Å²) in [5.41, 5.74) is 0.180. The van der Waals surface area contributed by atoms with E-state index in [2.05, 4.69) is 59.0 Å². The van der Waals surface area contributed by atoms with Crippen molar-refractivity contribution < 1.29 is 26.6 Å². The Kier molecular flexibility index (Phi) is 13.0. The monoisotopic (exact) mass is 520 g/mol. The Morgan fingerprint density at radius 1 is 1.20 bits per heavy atom. The van der Waals surface area contributed by atoms with Gasteiger partial charge >= 0.3 is 172 Å². The van der Waals surface area contributed by atoms with Crippen molar-refractivity contribution in [2.75, 3.05) is 27.2 Å². The van der Waals surface area contributed by atoms with Crippen LogP contribution in [0.15, 0.2) is 0 Å². The van der Waals surface area contributed by atoms with Gasteiger partial charge in [-0.1, -0.05) is 0 Å². The Labute approximate surface area is 203 Å². The average molecular weight is 519 g/mol. The van der Waals surface area contributed by atoms with Crippen molar-refractivity contribution in [2.45, 2.75) is 51.5 Å². The minimum atomic E-state index is -0.145. The topological polar surface area (TPSA) is 32.8 Å². The molecule has 10 radical (unpaired) electrons. The molecule has 3 fully saturated rings. The van der Waals surface area contributed by atoms with Crippen LogP contribution >= 0.6 is 0 Å². The standard InChI is InChI=1S/C19H31N2O2Se.C5H5.Fe/c1-7-23-18(22)21-13-19(3,4)11-15(21)12-24-17-10-8-9-16(17)14(2)20(5)6;1-2-4-5-3-1;/h8-10,14-15H,7,11-13H2,1-6H3;1-5H;/q;;+2/t14-,15-;;/m1../s1. The predicted molar refractivity (Wildman–Crippen MR) is 121 cm³/mol. The third-order valence-electron chi connectivity index (χ3n) is 5.35. The molecule has 30 heavy (non-hydrogen) atoms. The molecule has 2 atom stereocenters. The molecule has 1 saturated heterocycles. The van der Waals surface area contributed by atoms with E-state index in [0.717, 1.165) is 18.3 Å². The van der Waals surface area contributed by atoms with Gasteiger partial charge in [0.2, 0.25) is 0 Å².